The smallest absolute Gasteiger partial charge is 0.221 e. The molecule has 78 valence electrons. The van der Waals surface area contributed by atoms with Crippen molar-refractivity contribution >= 4 is 18.1 Å². The lowest BCUT2D eigenvalue weighted by Gasteiger charge is -2.07. The Morgan fingerprint density at radius 1 is 1.79 bits per heavy atom. The summed E-state index contributed by atoms with van der Waals surface area (Å²) in [6, 6.07) is 0.180. The first-order valence-corrected chi connectivity index (χ1v) is 4.89. The van der Waals surface area contributed by atoms with E-state index in [4.69, 9.17) is 12.2 Å². The first-order chi connectivity index (χ1) is 6.59. The molecule has 1 rings (SSSR count). The highest BCUT2D eigenvalue weighted by atomic mass is 32.1. The molecule has 1 amide bonds. The minimum Gasteiger partial charge on any atom is -0.354 e. The number of hydrogen-bond donors (Lipinski definition) is 2. The van der Waals surface area contributed by atoms with Gasteiger partial charge in [-0.05, 0) is 26.1 Å². The van der Waals surface area contributed by atoms with Crippen LogP contribution in [0, 0.1) is 4.77 Å². The van der Waals surface area contributed by atoms with E-state index in [0.29, 0.717) is 17.7 Å². The lowest BCUT2D eigenvalue weighted by molar-refractivity contribution is -0.121. The predicted molar refractivity (Wildman–Crippen MR) is 55.3 cm³/mol. The maximum atomic E-state index is 11.3. The summed E-state index contributed by atoms with van der Waals surface area (Å²) in [6.45, 7) is 4.43. The van der Waals surface area contributed by atoms with Crippen molar-refractivity contribution < 1.29 is 4.79 Å². The van der Waals surface area contributed by atoms with Crippen LogP contribution in [0.4, 0.5) is 0 Å². The fraction of sp³-hybridized carbons (Fsp3) is 0.625. The van der Waals surface area contributed by atoms with Gasteiger partial charge < -0.3 is 9.88 Å². The molecule has 0 radical (unpaired) electrons. The largest absolute Gasteiger partial charge is 0.354 e. The van der Waals surface area contributed by atoms with E-state index in [9.17, 15) is 4.79 Å². The molecular formula is C8H14N4OS. The molecule has 0 aliphatic rings. The van der Waals surface area contributed by atoms with Crippen molar-refractivity contribution in [2.45, 2.75) is 32.9 Å². The summed E-state index contributed by atoms with van der Waals surface area (Å²) in [6.07, 6.45) is 2.01. The van der Waals surface area contributed by atoms with Crippen molar-refractivity contribution in [2.24, 2.45) is 0 Å². The van der Waals surface area contributed by atoms with E-state index < -0.39 is 0 Å². The number of hydrogen-bond acceptors (Lipinski definition) is 3. The van der Waals surface area contributed by atoms with E-state index in [-0.39, 0.29) is 11.9 Å². The van der Waals surface area contributed by atoms with Gasteiger partial charge >= 0.3 is 0 Å². The molecule has 6 heteroatoms. The Labute approximate surface area is 87.5 Å². The molecule has 0 saturated heterocycles. The van der Waals surface area contributed by atoms with Crippen molar-refractivity contribution in [3.63, 3.8) is 0 Å². The molecular weight excluding hydrogens is 200 g/mol. The average Bonchev–Trinajstić information content (AvgIpc) is 2.46. The molecule has 1 aromatic heterocycles. The zero-order valence-corrected chi connectivity index (χ0v) is 9.10. The third-order valence-corrected chi connectivity index (χ3v) is 1.97. The SMILES string of the molecule is CC(C)NC(=O)CCn1cn[nH]c1=S. The third-order valence-electron chi connectivity index (χ3n) is 1.65. The summed E-state index contributed by atoms with van der Waals surface area (Å²) in [7, 11) is 0. The number of carbonyl (C=O) groups is 1. The summed E-state index contributed by atoms with van der Waals surface area (Å²) < 4.78 is 2.28. The van der Waals surface area contributed by atoms with Crippen molar-refractivity contribution in [3.05, 3.63) is 11.1 Å². The molecule has 1 aromatic rings. The maximum Gasteiger partial charge on any atom is 0.221 e. The Morgan fingerprint density at radius 2 is 2.50 bits per heavy atom. The molecule has 0 atom stereocenters. The van der Waals surface area contributed by atoms with Crippen LogP contribution in [0.5, 0.6) is 0 Å². The van der Waals surface area contributed by atoms with Gasteiger partial charge in [0.1, 0.15) is 6.33 Å². The number of rotatable bonds is 4. The number of aryl methyl sites for hydroxylation is 1. The molecule has 5 nitrogen and oxygen atoms in total. The van der Waals surface area contributed by atoms with Gasteiger partial charge in [-0.25, -0.2) is 0 Å². The second kappa shape index (κ2) is 4.90. The molecule has 0 aliphatic carbocycles. The van der Waals surface area contributed by atoms with E-state index in [2.05, 4.69) is 15.5 Å². The number of aromatic nitrogens is 3. The topological polar surface area (TPSA) is 62.7 Å². The molecule has 0 bridgehead atoms. The Balaban J connectivity index is 2.38. The standard InChI is InChI=1S/C8H14N4OS/c1-6(2)10-7(13)3-4-12-5-9-11-8(12)14/h5-6H,3-4H2,1-2H3,(H,10,13)(H,11,14). The maximum absolute atomic E-state index is 11.3. The highest BCUT2D eigenvalue weighted by Gasteiger charge is 2.03. The van der Waals surface area contributed by atoms with Gasteiger partial charge in [-0.1, -0.05) is 0 Å². The van der Waals surface area contributed by atoms with Crippen LogP contribution in [0.3, 0.4) is 0 Å². The van der Waals surface area contributed by atoms with Crippen LogP contribution < -0.4 is 5.32 Å². The highest BCUT2D eigenvalue weighted by molar-refractivity contribution is 7.71. The Hall–Kier alpha value is -1.17. The summed E-state index contributed by atoms with van der Waals surface area (Å²) in [4.78, 5) is 11.3. The van der Waals surface area contributed by atoms with Crippen LogP contribution in [-0.2, 0) is 11.3 Å². The first kappa shape index (κ1) is 10.9. The zero-order chi connectivity index (χ0) is 10.6. The normalized spacial score (nSPS) is 10.5. The minimum absolute atomic E-state index is 0.0306. The first-order valence-electron chi connectivity index (χ1n) is 4.49. The van der Waals surface area contributed by atoms with Gasteiger partial charge in [0.2, 0.25) is 5.91 Å². The summed E-state index contributed by atoms with van der Waals surface area (Å²) in [5, 5.41) is 9.20. The molecule has 0 spiro atoms. The van der Waals surface area contributed by atoms with Crippen LogP contribution >= 0.6 is 12.2 Å². The monoisotopic (exact) mass is 214 g/mol. The molecule has 0 saturated carbocycles. The van der Waals surface area contributed by atoms with Crippen LogP contribution in [0.25, 0.3) is 0 Å². The van der Waals surface area contributed by atoms with Gasteiger partial charge in [-0.15, -0.1) is 0 Å². The quantitative estimate of drug-likeness (QED) is 0.731. The van der Waals surface area contributed by atoms with Gasteiger partial charge in [0, 0.05) is 19.0 Å². The van der Waals surface area contributed by atoms with Crippen molar-refractivity contribution in [3.8, 4) is 0 Å². The van der Waals surface area contributed by atoms with Crippen LogP contribution in [0.1, 0.15) is 20.3 Å². The van der Waals surface area contributed by atoms with Crippen molar-refractivity contribution in [1.29, 1.82) is 0 Å². The summed E-state index contributed by atoms with van der Waals surface area (Å²) in [5.74, 6) is 0.0306. The molecule has 0 aromatic carbocycles. The zero-order valence-electron chi connectivity index (χ0n) is 8.28. The van der Waals surface area contributed by atoms with E-state index in [1.165, 1.54) is 0 Å². The minimum atomic E-state index is 0.0306. The fourth-order valence-electron chi connectivity index (χ4n) is 1.05. The fourth-order valence-corrected chi connectivity index (χ4v) is 1.24. The average molecular weight is 214 g/mol. The van der Waals surface area contributed by atoms with Crippen LogP contribution in [0.2, 0.25) is 0 Å². The number of amides is 1. The lowest BCUT2D eigenvalue weighted by Crippen LogP contribution is -2.30. The van der Waals surface area contributed by atoms with Crippen molar-refractivity contribution in [1.82, 2.24) is 20.1 Å². The molecule has 0 aliphatic heterocycles. The number of aromatic amines is 1. The predicted octanol–water partition coefficient (Wildman–Crippen LogP) is 0.855. The number of carbonyl (C=O) groups excluding carboxylic acids is 1. The van der Waals surface area contributed by atoms with E-state index in [0.717, 1.165) is 0 Å². The Morgan fingerprint density at radius 3 is 3.00 bits per heavy atom. The molecule has 0 unspecified atom stereocenters. The molecule has 2 N–H and O–H groups in total. The summed E-state index contributed by atoms with van der Waals surface area (Å²) >= 11 is 4.94. The third kappa shape index (κ3) is 3.29. The van der Waals surface area contributed by atoms with Gasteiger partial charge in [0.25, 0.3) is 0 Å². The van der Waals surface area contributed by atoms with Gasteiger partial charge in [0.05, 0.1) is 0 Å². The second-order valence-electron chi connectivity index (χ2n) is 3.33. The lowest BCUT2D eigenvalue weighted by atomic mass is 10.3. The van der Waals surface area contributed by atoms with Gasteiger partial charge in [0.15, 0.2) is 4.77 Å². The van der Waals surface area contributed by atoms with E-state index in [1.807, 2.05) is 13.8 Å². The van der Waals surface area contributed by atoms with Gasteiger partial charge in [-0.3, -0.25) is 9.89 Å². The second-order valence-corrected chi connectivity index (χ2v) is 3.71. The molecule has 1 heterocycles. The number of H-pyrrole nitrogens is 1. The van der Waals surface area contributed by atoms with Crippen LogP contribution in [0.15, 0.2) is 6.33 Å². The van der Waals surface area contributed by atoms with Gasteiger partial charge in [-0.2, -0.15) is 5.10 Å². The van der Waals surface area contributed by atoms with E-state index >= 15 is 0 Å². The number of nitrogens with zero attached hydrogens (tertiary/aromatic N) is 2. The Kier molecular flexibility index (Phi) is 3.82. The van der Waals surface area contributed by atoms with Crippen LogP contribution in [-0.4, -0.2) is 26.7 Å². The number of nitrogens with one attached hydrogen (secondary N) is 2. The van der Waals surface area contributed by atoms with E-state index in [1.54, 1.807) is 10.9 Å². The molecule has 14 heavy (non-hydrogen) atoms. The Bertz CT molecular complexity index is 354. The van der Waals surface area contributed by atoms with Crippen molar-refractivity contribution in [2.75, 3.05) is 0 Å². The highest BCUT2D eigenvalue weighted by Crippen LogP contribution is 1.92. The summed E-state index contributed by atoms with van der Waals surface area (Å²) in [5.41, 5.74) is 0. The molecule has 0 fully saturated rings.